The molecular formula is C22H25N4O5. The molecule has 0 aliphatic rings. The van der Waals surface area contributed by atoms with Crippen LogP contribution in [0.1, 0.15) is 24.0 Å². The van der Waals surface area contributed by atoms with Crippen LogP contribution in [0, 0.1) is 5.41 Å². The first-order chi connectivity index (χ1) is 15.0. The average molecular weight is 425 g/mol. The normalized spacial score (nSPS) is 11.1. The number of nitrogens with two attached hydrogens (primary N) is 1. The lowest BCUT2D eigenvalue weighted by atomic mass is 10.1. The molecule has 1 radical (unpaired) electrons. The topological polar surface area (TPSA) is 135 Å². The summed E-state index contributed by atoms with van der Waals surface area (Å²) in [5.74, 6) is -0.215. The summed E-state index contributed by atoms with van der Waals surface area (Å²) in [4.78, 5) is 37.5. The third-order valence-corrected chi connectivity index (χ3v) is 4.22. The zero-order valence-electron chi connectivity index (χ0n) is 17.0. The first-order valence-corrected chi connectivity index (χ1v) is 9.67. The van der Waals surface area contributed by atoms with Crippen molar-refractivity contribution in [1.82, 2.24) is 10.2 Å². The van der Waals surface area contributed by atoms with E-state index in [0.717, 1.165) is 11.1 Å². The van der Waals surface area contributed by atoms with Gasteiger partial charge in [0.25, 0.3) is 0 Å². The smallest absolute Gasteiger partial charge is 0.420 e. The summed E-state index contributed by atoms with van der Waals surface area (Å²) >= 11 is 0. The summed E-state index contributed by atoms with van der Waals surface area (Å²) < 4.78 is 10.5. The van der Waals surface area contributed by atoms with Gasteiger partial charge in [0.05, 0.1) is 0 Å². The van der Waals surface area contributed by atoms with Gasteiger partial charge in [-0.1, -0.05) is 60.7 Å². The third-order valence-electron chi connectivity index (χ3n) is 4.22. The molecule has 0 saturated heterocycles. The molecule has 0 aliphatic heterocycles. The van der Waals surface area contributed by atoms with Gasteiger partial charge in [0.15, 0.2) is 5.96 Å². The van der Waals surface area contributed by atoms with E-state index in [1.807, 2.05) is 12.1 Å². The first-order valence-electron chi connectivity index (χ1n) is 9.67. The minimum Gasteiger partial charge on any atom is -0.444 e. The summed E-state index contributed by atoms with van der Waals surface area (Å²) in [6.07, 6.45) is 0.157. The Hall–Kier alpha value is -3.88. The maximum absolute atomic E-state index is 12.7. The summed E-state index contributed by atoms with van der Waals surface area (Å²) in [6.45, 7) is 0.151. The third kappa shape index (κ3) is 8.17. The van der Waals surface area contributed by atoms with E-state index in [0.29, 0.717) is 17.9 Å². The maximum atomic E-state index is 12.7. The van der Waals surface area contributed by atoms with Crippen molar-refractivity contribution in [2.45, 2.75) is 32.1 Å². The van der Waals surface area contributed by atoms with E-state index >= 15 is 0 Å². The molecule has 2 aromatic rings. The summed E-state index contributed by atoms with van der Waals surface area (Å²) in [6, 6.07) is 16.7. The number of imide groups is 1. The predicted octanol–water partition coefficient (Wildman–Crippen LogP) is 2.70. The number of nitrogens with one attached hydrogen (secondary N) is 2. The van der Waals surface area contributed by atoms with Crippen LogP contribution in [0.2, 0.25) is 0 Å². The lowest BCUT2D eigenvalue weighted by Gasteiger charge is -2.24. The molecule has 2 amide bonds. The molecule has 0 saturated carbocycles. The predicted molar refractivity (Wildman–Crippen MR) is 114 cm³/mol. The molecule has 0 bridgehead atoms. The van der Waals surface area contributed by atoms with Crippen LogP contribution < -0.4 is 11.1 Å². The summed E-state index contributed by atoms with van der Waals surface area (Å²) in [7, 11) is 0. The fourth-order valence-electron chi connectivity index (χ4n) is 2.67. The van der Waals surface area contributed by atoms with Crippen LogP contribution in [-0.4, -0.2) is 41.9 Å². The Morgan fingerprint density at radius 3 is 1.87 bits per heavy atom. The van der Waals surface area contributed by atoms with Crippen LogP contribution >= 0.6 is 0 Å². The number of rotatable bonds is 10. The van der Waals surface area contributed by atoms with Gasteiger partial charge in [-0.3, -0.25) is 10.2 Å². The lowest BCUT2D eigenvalue weighted by molar-refractivity contribution is 0.0627. The molecule has 2 rings (SSSR count). The van der Waals surface area contributed by atoms with Gasteiger partial charge in [0, 0.05) is 6.54 Å². The highest BCUT2D eigenvalue weighted by Crippen LogP contribution is 2.13. The van der Waals surface area contributed by atoms with Crippen LogP contribution in [0.4, 0.5) is 9.59 Å². The van der Waals surface area contributed by atoms with Crippen LogP contribution in [0.5, 0.6) is 0 Å². The first kappa shape index (κ1) is 23.4. The van der Waals surface area contributed by atoms with Crippen molar-refractivity contribution in [1.29, 1.82) is 5.41 Å². The van der Waals surface area contributed by atoms with Gasteiger partial charge in [-0.25, -0.2) is 14.5 Å². The zero-order valence-corrected chi connectivity index (χ0v) is 17.0. The SMILES string of the molecule is N=C(N)NCCC[C@@H]([C]=O)N(C(=O)OCc1ccccc1)C(=O)OCc1ccccc1. The highest BCUT2D eigenvalue weighted by Gasteiger charge is 2.33. The van der Waals surface area contributed by atoms with Gasteiger partial charge >= 0.3 is 12.2 Å². The highest BCUT2D eigenvalue weighted by atomic mass is 16.6. The van der Waals surface area contributed by atoms with Crippen molar-refractivity contribution in [3.8, 4) is 0 Å². The highest BCUT2D eigenvalue weighted by molar-refractivity contribution is 5.91. The Kier molecular flexibility index (Phi) is 9.54. The van der Waals surface area contributed by atoms with Crippen molar-refractivity contribution in [3.63, 3.8) is 0 Å². The van der Waals surface area contributed by atoms with Crippen molar-refractivity contribution in [2.75, 3.05) is 6.54 Å². The number of guanidine groups is 1. The fourth-order valence-corrected chi connectivity index (χ4v) is 2.67. The maximum Gasteiger partial charge on any atom is 0.420 e. The molecule has 1 atom stereocenters. The standard InChI is InChI=1S/C22H25N4O5/c23-20(24)25-13-7-12-19(14-27)26(21(28)30-15-17-8-3-1-4-9-17)22(29)31-16-18-10-5-2-6-11-18/h1-6,8-11,19H,7,12-13,15-16H2,(H4,23,24,25)/t19-/m0/s1. The van der Waals surface area contributed by atoms with Gasteiger partial charge in [0.2, 0.25) is 6.29 Å². The Morgan fingerprint density at radius 1 is 0.968 bits per heavy atom. The van der Waals surface area contributed by atoms with Gasteiger partial charge in [-0.15, -0.1) is 0 Å². The van der Waals surface area contributed by atoms with Crippen molar-refractivity contribution in [2.24, 2.45) is 5.73 Å². The lowest BCUT2D eigenvalue weighted by Crippen LogP contribution is -2.46. The van der Waals surface area contributed by atoms with Gasteiger partial charge in [0.1, 0.15) is 19.3 Å². The van der Waals surface area contributed by atoms with E-state index in [1.165, 1.54) is 0 Å². The molecule has 2 aromatic carbocycles. The number of amides is 2. The number of hydrogen-bond acceptors (Lipinski definition) is 6. The second kappa shape index (κ2) is 12.6. The van der Waals surface area contributed by atoms with Crippen LogP contribution in [-0.2, 0) is 27.5 Å². The number of nitrogens with zero attached hydrogens (tertiary/aromatic N) is 1. The number of ether oxygens (including phenoxy) is 2. The number of hydrogen-bond donors (Lipinski definition) is 3. The molecule has 31 heavy (non-hydrogen) atoms. The van der Waals surface area contributed by atoms with Crippen molar-refractivity contribution >= 4 is 24.4 Å². The monoisotopic (exact) mass is 425 g/mol. The Bertz CT molecular complexity index is 805. The van der Waals surface area contributed by atoms with Gasteiger partial charge in [-0.05, 0) is 24.0 Å². The van der Waals surface area contributed by atoms with Crippen LogP contribution in [0.15, 0.2) is 60.7 Å². The second-order valence-electron chi connectivity index (χ2n) is 6.57. The summed E-state index contributed by atoms with van der Waals surface area (Å²) in [5, 5.41) is 9.75. The van der Waals surface area contributed by atoms with E-state index in [2.05, 4.69) is 5.32 Å². The molecule has 9 heteroatoms. The molecule has 0 aromatic heterocycles. The van der Waals surface area contributed by atoms with Crippen LogP contribution in [0.3, 0.4) is 0 Å². The molecule has 163 valence electrons. The largest absolute Gasteiger partial charge is 0.444 e. The zero-order chi connectivity index (χ0) is 22.5. The Balaban J connectivity index is 2.05. The molecule has 0 aliphatic carbocycles. The average Bonchev–Trinajstić information content (AvgIpc) is 2.79. The summed E-state index contributed by atoms with van der Waals surface area (Å²) in [5.41, 5.74) is 6.68. The van der Waals surface area contributed by atoms with Gasteiger partial charge < -0.3 is 20.5 Å². The Labute approximate surface area is 180 Å². The Morgan fingerprint density at radius 2 is 1.45 bits per heavy atom. The van der Waals surface area contributed by atoms with Crippen molar-refractivity contribution in [3.05, 3.63) is 71.8 Å². The quantitative estimate of drug-likeness (QED) is 0.303. The fraction of sp³-hybridized carbons (Fsp3) is 0.273. The number of benzene rings is 2. The molecule has 0 heterocycles. The number of carbonyl (C=O) groups excluding carboxylic acids is 3. The molecule has 4 N–H and O–H groups in total. The number of carbonyl (C=O) groups is 2. The molecule has 0 fully saturated rings. The molecule has 0 spiro atoms. The second-order valence-corrected chi connectivity index (χ2v) is 6.57. The van der Waals surface area contributed by atoms with E-state index in [1.54, 1.807) is 54.8 Å². The van der Waals surface area contributed by atoms with Gasteiger partial charge in [-0.2, -0.15) is 0 Å². The molecule has 9 nitrogen and oxygen atoms in total. The molecular weight excluding hydrogens is 400 g/mol. The van der Waals surface area contributed by atoms with E-state index in [9.17, 15) is 14.4 Å². The van der Waals surface area contributed by atoms with Crippen LogP contribution in [0.25, 0.3) is 0 Å². The minimum absolute atomic E-state index is 0.0698. The van der Waals surface area contributed by atoms with E-state index in [4.69, 9.17) is 20.6 Å². The van der Waals surface area contributed by atoms with E-state index < -0.39 is 18.2 Å². The van der Waals surface area contributed by atoms with Crippen molar-refractivity contribution < 1.29 is 23.9 Å². The molecule has 0 unspecified atom stereocenters. The minimum atomic E-state index is -1.21. The van der Waals surface area contributed by atoms with E-state index in [-0.39, 0.29) is 25.6 Å².